The van der Waals surface area contributed by atoms with Gasteiger partial charge in [0.05, 0.1) is 0 Å². The first kappa shape index (κ1) is 13.8. The van der Waals surface area contributed by atoms with Crippen LogP contribution >= 0.6 is 0 Å². The lowest BCUT2D eigenvalue weighted by molar-refractivity contribution is 0.0930. The lowest BCUT2D eigenvalue weighted by Gasteiger charge is -2.22. The molecule has 0 radical (unpaired) electrons. The van der Waals surface area contributed by atoms with Crippen molar-refractivity contribution in [1.82, 2.24) is 4.90 Å². The maximum Gasteiger partial charge on any atom is 0.410 e. The van der Waals surface area contributed by atoms with Crippen LogP contribution in [0.2, 0.25) is 0 Å². The van der Waals surface area contributed by atoms with Gasteiger partial charge in [-0.25, -0.2) is 9.18 Å². The zero-order chi connectivity index (χ0) is 13.9. The molecule has 0 aromatic heterocycles. The predicted molar refractivity (Wildman–Crippen MR) is 71.5 cm³/mol. The molecule has 4 heteroatoms. The Bertz CT molecular complexity index is 428. The highest BCUT2D eigenvalue weighted by Gasteiger charge is 2.37. The Morgan fingerprint density at radius 1 is 1.42 bits per heavy atom. The van der Waals surface area contributed by atoms with Crippen LogP contribution in [0, 0.1) is 5.92 Å². The molecule has 1 saturated heterocycles. The summed E-state index contributed by atoms with van der Waals surface area (Å²) in [4.78, 5) is 13.5. The minimum Gasteiger partial charge on any atom is -0.445 e. The van der Waals surface area contributed by atoms with E-state index < -0.39 is 5.67 Å². The Kier molecular flexibility index (Phi) is 4.08. The molecule has 0 spiro atoms. The Labute approximate surface area is 113 Å². The molecule has 1 atom stereocenters. The quantitative estimate of drug-likeness (QED) is 0.838. The van der Waals surface area contributed by atoms with Crippen molar-refractivity contribution in [2.24, 2.45) is 5.92 Å². The van der Waals surface area contributed by atoms with Crippen molar-refractivity contribution >= 4 is 6.09 Å². The van der Waals surface area contributed by atoms with Crippen LogP contribution in [0.1, 0.15) is 25.8 Å². The second-order valence-corrected chi connectivity index (χ2v) is 5.54. The molecular weight excluding hydrogens is 245 g/mol. The molecule has 0 bridgehead atoms. The van der Waals surface area contributed by atoms with Crippen LogP contribution in [0.4, 0.5) is 9.18 Å². The van der Waals surface area contributed by atoms with E-state index in [4.69, 9.17) is 4.74 Å². The molecule has 104 valence electrons. The molecule has 1 unspecified atom stereocenters. The summed E-state index contributed by atoms with van der Waals surface area (Å²) < 4.78 is 19.0. The van der Waals surface area contributed by atoms with Crippen LogP contribution in [0.25, 0.3) is 0 Å². The molecule has 1 aliphatic heterocycles. The molecule has 2 rings (SSSR count). The van der Waals surface area contributed by atoms with Crippen molar-refractivity contribution in [2.75, 3.05) is 13.1 Å². The van der Waals surface area contributed by atoms with Crippen LogP contribution in [0.15, 0.2) is 30.3 Å². The lowest BCUT2D eigenvalue weighted by atomic mass is 9.92. The number of benzene rings is 1. The number of alkyl halides is 1. The summed E-state index contributed by atoms with van der Waals surface area (Å²) in [5.74, 6) is -0.100. The maximum absolute atomic E-state index is 13.8. The maximum atomic E-state index is 13.8. The van der Waals surface area contributed by atoms with Crippen LogP contribution in [0.5, 0.6) is 0 Å². The molecule has 19 heavy (non-hydrogen) atoms. The number of carbonyl (C=O) groups excluding carboxylic acids is 1. The van der Waals surface area contributed by atoms with Gasteiger partial charge in [0.25, 0.3) is 0 Å². The third-order valence-corrected chi connectivity index (χ3v) is 3.62. The fourth-order valence-corrected chi connectivity index (χ4v) is 2.30. The average Bonchev–Trinajstić information content (AvgIpc) is 2.87. The predicted octanol–water partition coefficient (Wildman–Crippen LogP) is 3.39. The van der Waals surface area contributed by atoms with Gasteiger partial charge in [-0.1, -0.05) is 30.3 Å². The van der Waals surface area contributed by atoms with Gasteiger partial charge in [-0.15, -0.1) is 0 Å². The van der Waals surface area contributed by atoms with Gasteiger partial charge in [0.15, 0.2) is 0 Å². The summed E-state index contributed by atoms with van der Waals surface area (Å²) >= 11 is 0. The summed E-state index contributed by atoms with van der Waals surface area (Å²) in [5, 5.41) is 0. The number of amides is 1. The smallest absolute Gasteiger partial charge is 0.410 e. The summed E-state index contributed by atoms with van der Waals surface area (Å²) in [6.45, 7) is 4.41. The molecular formula is C15H20FNO2. The fourth-order valence-electron chi connectivity index (χ4n) is 2.30. The summed E-state index contributed by atoms with van der Waals surface area (Å²) in [7, 11) is 0. The molecule has 0 saturated carbocycles. The monoisotopic (exact) mass is 265 g/mol. The fraction of sp³-hybridized carbons (Fsp3) is 0.533. The minimum absolute atomic E-state index is 0.100. The number of nitrogens with zero attached hydrogens (tertiary/aromatic N) is 1. The highest BCUT2D eigenvalue weighted by Crippen LogP contribution is 2.30. The van der Waals surface area contributed by atoms with E-state index in [2.05, 4.69) is 0 Å². The number of carbonyl (C=O) groups is 1. The van der Waals surface area contributed by atoms with Gasteiger partial charge in [-0.3, -0.25) is 0 Å². The van der Waals surface area contributed by atoms with Gasteiger partial charge in [-0.05, 0) is 25.8 Å². The average molecular weight is 265 g/mol. The second kappa shape index (κ2) is 5.59. The first-order valence-electron chi connectivity index (χ1n) is 6.61. The first-order valence-corrected chi connectivity index (χ1v) is 6.61. The third kappa shape index (κ3) is 3.69. The van der Waals surface area contributed by atoms with E-state index in [1.807, 2.05) is 30.3 Å². The molecule has 1 aliphatic rings. The van der Waals surface area contributed by atoms with Crippen LogP contribution < -0.4 is 0 Å². The van der Waals surface area contributed by atoms with Crippen molar-refractivity contribution < 1.29 is 13.9 Å². The number of rotatable bonds is 3. The normalized spacial score (nSPS) is 19.5. The summed E-state index contributed by atoms with van der Waals surface area (Å²) in [6.07, 6.45) is 0.347. The Hall–Kier alpha value is -1.58. The molecule has 1 aromatic carbocycles. The van der Waals surface area contributed by atoms with Gasteiger partial charge < -0.3 is 9.64 Å². The van der Waals surface area contributed by atoms with E-state index in [1.54, 1.807) is 18.7 Å². The standard InChI is InChI=1S/C15H20FNO2/c1-15(2,16)13-8-9-17(10-13)14(18)19-11-12-6-4-3-5-7-12/h3-7,13H,8-11H2,1-2H3. The summed E-state index contributed by atoms with van der Waals surface area (Å²) in [6, 6.07) is 9.54. The van der Waals surface area contributed by atoms with E-state index in [0.717, 1.165) is 5.56 Å². The zero-order valence-electron chi connectivity index (χ0n) is 11.4. The van der Waals surface area contributed by atoms with Crippen LogP contribution in [-0.2, 0) is 11.3 Å². The Morgan fingerprint density at radius 3 is 2.68 bits per heavy atom. The van der Waals surface area contributed by atoms with Crippen LogP contribution in [0.3, 0.4) is 0 Å². The van der Waals surface area contributed by atoms with Gasteiger partial charge >= 0.3 is 6.09 Å². The SMILES string of the molecule is CC(C)(F)C1CCN(C(=O)OCc2ccccc2)C1. The topological polar surface area (TPSA) is 29.5 Å². The van der Waals surface area contributed by atoms with Crippen molar-refractivity contribution in [3.8, 4) is 0 Å². The van der Waals surface area contributed by atoms with Gasteiger partial charge in [-0.2, -0.15) is 0 Å². The third-order valence-electron chi connectivity index (χ3n) is 3.62. The highest BCUT2D eigenvalue weighted by atomic mass is 19.1. The Balaban J connectivity index is 1.82. The van der Waals surface area contributed by atoms with Crippen molar-refractivity contribution in [3.05, 3.63) is 35.9 Å². The largest absolute Gasteiger partial charge is 0.445 e. The minimum atomic E-state index is -1.24. The number of likely N-dealkylation sites (tertiary alicyclic amines) is 1. The van der Waals surface area contributed by atoms with Crippen molar-refractivity contribution in [3.63, 3.8) is 0 Å². The van der Waals surface area contributed by atoms with Crippen LogP contribution in [-0.4, -0.2) is 29.8 Å². The first-order chi connectivity index (χ1) is 8.97. The molecule has 0 N–H and O–H groups in total. The number of ether oxygens (including phenoxy) is 1. The van der Waals surface area contributed by atoms with Crippen molar-refractivity contribution in [2.45, 2.75) is 32.5 Å². The molecule has 1 amide bonds. The van der Waals surface area contributed by atoms with E-state index in [9.17, 15) is 9.18 Å². The molecule has 3 nitrogen and oxygen atoms in total. The van der Waals surface area contributed by atoms with Gasteiger partial charge in [0, 0.05) is 19.0 Å². The Morgan fingerprint density at radius 2 is 2.11 bits per heavy atom. The van der Waals surface area contributed by atoms with Gasteiger partial charge in [0.2, 0.25) is 0 Å². The number of hydrogen-bond donors (Lipinski definition) is 0. The second-order valence-electron chi connectivity index (χ2n) is 5.54. The van der Waals surface area contributed by atoms with Gasteiger partial charge in [0.1, 0.15) is 12.3 Å². The molecule has 1 fully saturated rings. The lowest BCUT2D eigenvalue weighted by Crippen LogP contribution is -2.33. The molecule has 1 heterocycles. The van der Waals surface area contributed by atoms with E-state index in [1.165, 1.54) is 0 Å². The van der Waals surface area contributed by atoms with Crippen molar-refractivity contribution in [1.29, 1.82) is 0 Å². The molecule has 0 aliphatic carbocycles. The number of hydrogen-bond acceptors (Lipinski definition) is 2. The summed E-state index contributed by atoms with van der Waals surface area (Å²) in [5.41, 5.74) is -0.286. The van der Waals surface area contributed by atoms with E-state index >= 15 is 0 Å². The number of halogens is 1. The highest BCUT2D eigenvalue weighted by molar-refractivity contribution is 5.68. The van der Waals surface area contributed by atoms with E-state index in [0.29, 0.717) is 19.5 Å². The van der Waals surface area contributed by atoms with E-state index in [-0.39, 0.29) is 18.6 Å². The molecule has 1 aromatic rings. The zero-order valence-corrected chi connectivity index (χ0v) is 11.4.